The molecule has 0 aromatic rings. The van der Waals surface area contributed by atoms with Gasteiger partial charge in [0.1, 0.15) is 0 Å². The SMILES string of the molecule is [2H]C1CN(C(C)(C)C)C([2H])CN1. The molecule has 1 aliphatic rings. The zero-order chi connectivity index (χ0) is 9.35. The zero-order valence-electron chi connectivity index (χ0n) is 9.02. The first kappa shape index (κ1) is 5.56. The smallest absolute Gasteiger partial charge is 0.0444 e. The summed E-state index contributed by atoms with van der Waals surface area (Å²) >= 11 is 0. The van der Waals surface area contributed by atoms with Crippen molar-refractivity contribution in [2.75, 3.05) is 26.1 Å². The third kappa shape index (κ3) is 1.96. The summed E-state index contributed by atoms with van der Waals surface area (Å²) in [6.45, 7) is 7.09. The maximum absolute atomic E-state index is 7.75. The molecule has 2 atom stereocenters. The molecule has 1 saturated heterocycles. The third-order valence-electron chi connectivity index (χ3n) is 1.72. The molecule has 0 aliphatic carbocycles. The van der Waals surface area contributed by atoms with Gasteiger partial charge >= 0.3 is 0 Å². The first-order valence-corrected chi connectivity index (χ1v) is 3.76. The third-order valence-corrected chi connectivity index (χ3v) is 1.72. The highest BCUT2D eigenvalue weighted by molar-refractivity contribution is 4.79. The Kier molecular flexibility index (Phi) is 1.60. The molecule has 2 heteroatoms. The van der Waals surface area contributed by atoms with Crippen LogP contribution in [0.3, 0.4) is 0 Å². The van der Waals surface area contributed by atoms with Crippen LogP contribution in [0.2, 0.25) is 0 Å². The highest BCUT2D eigenvalue weighted by Crippen LogP contribution is 2.12. The molecule has 1 heterocycles. The van der Waals surface area contributed by atoms with Crippen molar-refractivity contribution in [2.45, 2.75) is 26.3 Å². The van der Waals surface area contributed by atoms with Crippen LogP contribution >= 0.6 is 0 Å². The number of rotatable bonds is 0. The van der Waals surface area contributed by atoms with E-state index < -0.39 is 0 Å². The molecule has 0 bridgehead atoms. The highest BCUT2D eigenvalue weighted by atomic mass is 15.2. The Morgan fingerprint density at radius 2 is 2.20 bits per heavy atom. The average Bonchev–Trinajstić information content (AvgIpc) is 1.92. The van der Waals surface area contributed by atoms with E-state index in [4.69, 9.17) is 2.74 Å². The van der Waals surface area contributed by atoms with Crippen LogP contribution < -0.4 is 5.32 Å². The van der Waals surface area contributed by atoms with Gasteiger partial charge in [0.25, 0.3) is 0 Å². The van der Waals surface area contributed by atoms with E-state index >= 15 is 0 Å². The Morgan fingerprint density at radius 3 is 2.70 bits per heavy atom. The molecule has 1 N–H and O–H groups in total. The summed E-state index contributed by atoms with van der Waals surface area (Å²) in [5.41, 5.74) is 0.00775. The molecule has 1 aliphatic heterocycles. The van der Waals surface area contributed by atoms with Crippen molar-refractivity contribution in [3.05, 3.63) is 0 Å². The molecular weight excluding hydrogens is 124 g/mol. The molecule has 60 valence electrons. The van der Waals surface area contributed by atoms with Crippen LogP contribution in [0.4, 0.5) is 0 Å². The molecule has 0 amide bonds. The Morgan fingerprint density at radius 1 is 1.50 bits per heavy atom. The summed E-state index contributed by atoms with van der Waals surface area (Å²) in [5, 5.41) is 2.97. The summed E-state index contributed by atoms with van der Waals surface area (Å²) < 4.78 is 15.3. The van der Waals surface area contributed by atoms with E-state index in [2.05, 4.69) is 31.0 Å². The maximum Gasteiger partial charge on any atom is 0.0444 e. The van der Waals surface area contributed by atoms with Crippen LogP contribution in [0.15, 0.2) is 0 Å². The molecular formula is C8H18N2. The molecule has 10 heavy (non-hydrogen) atoms. The number of hydrogen-bond acceptors (Lipinski definition) is 2. The Balaban J connectivity index is 2.61. The number of hydrogen-bond donors (Lipinski definition) is 1. The van der Waals surface area contributed by atoms with Crippen LogP contribution in [0, 0.1) is 0 Å². The van der Waals surface area contributed by atoms with Gasteiger partial charge in [0.05, 0.1) is 0 Å². The van der Waals surface area contributed by atoms with Gasteiger partial charge in [-0.05, 0) is 20.8 Å². The van der Waals surface area contributed by atoms with E-state index in [1.54, 1.807) is 0 Å². The first-order chi connectivity index (χ1) is 5.41. The fraction of sp³-hybridized carbons (Fsp3) is 1.00. The van der Waals surface area contributed by atoms with Crippen LogP contribution in [-0.4, -0.2) is 36.6 Å². The van der Waals surface area contributed by atoms with Gasteiger partial charge in [0.2, 0.25) is 0 Å². The normalized spacial score (nSPS) is 40.7. The molecule has 2 unspecified atom stereocenters. The highest BCUT2D eigenvalue weighted by Gasteiger charge is 2.21. The molecule has 1 fully saturated rings. The van der Waals surface area contributed by atoms with Crippen molar-refractivity contribution in [2.24, 2.45) is 0 Å². The second-order valence-corrected chi connectivity index (χ2v) is 3.62. The Hall–Kier alpha value is -0.0800. The molecule has 0 radical (unpaired) electrons. The fourth-order valence-corrected chi connectivity index (χ4v) is 1.03. The molecule has 0 saturated carbocycles. The zero-order valence-corrected chi connectivity index (χ0v) is 7.02. The van der Waals surface area contributed by atoms with Crippen LogP contribution in [0.5, 0.6) is 0 Å². The minimum atomic E-state index is -0.231. The first-order valence-electron chi connectivity index (χ1n) is 4.91. The molecule has 1 rings (SSSR count). The molecule has 2 nitrogen and oxygen atoms in total. The minimum Gasteiger partial charge on any atom is -0.314 e. The standard InChI is InChI=1S/C8H18N2/c1-8(2,3)10-6-4-9-5-7-10/h9H,4-7H2,1-3H3/i4D,7D. The largest absolute Gasteiger partial charge is 0.314 e. The number of nitrogens with zero attached hydrogens (tertiary/aromatic N) is 1. The number of piperazine rings is 1. The van der Waals surface area contributed by atoms with Crippen LogP contribution in [0.1, 0.15) is 23.5 Å². The fourth-order valence-electron chi connectivity index (χ4n) is 1.03. The van der Waals surface area contributed by atoms with Gasteiger partial charge in [0.15, 0.2) is 0 Å². The predicted octanol–water partition coefficient (Wildman–Crippen LogP) is 0.690. The van der Waals surface area contributed by atoms with E-state index in [1.807, 2.05) is 0 Å². The second kappa shape index (κ2) is 2.89. The quantitative estimate of drug-likeness (QED) is 0.538. The lowest BCUT2D eigenvalue weighted by atomic mass is 10.1. The van der Waals surface area contributed by atoms with Crippen LogP contribution in [0.25, 0.3) is 0 Å². The molecule has 0 aromatic carbocycles. The van der Waals surface area contributed by atoms with Gasteiger partial charge in [0, 0.05) is 34.4 Å². The van der Waals surface area contributed by atoms with Crippen molar-refractivity contribution >= 4 is 0 Å². The Labute approximate surface area is 66.4 Å². The van der Waals surface area contributed by atoms with Gasteiger partial charge in [-0.3, -0.25) is 4.90 Å². The summed E-state index contributed by atoms with van der Waals surface area (Å²) in [6, 6.07) is 0. The van der Waals surface area contributed by atoms with Crippen molar-refractivity contribution in [1.82, 2.24) is 10.2 Å². The monoisotopic (exact) mass is 144 g/mol. The average molecular weight is 144 g/mol. The van der Waals surface area contributed by atoms with Crippen LogP contribution in [-0.2, 0) is 0 Å². The lowest BCUT2D eigenvalue weighted by molar-refractivity contribution is 0.119. The topological polar surface area (TPSA) is 15.3 Å². The summed E-state index contributed by atoms with van der Waals surface area (Å²) in [4.78, 5) is 2.06. The van der Waals surface area contributed by atoms with Crippen molar-refractivity contribution in [1.29, 1.82) is 0 Å². The summed E-state index contributed by atoms with van der Waals surface area (Å²) in [7, 11) is 0. The van der Waals surface area contributed by atoms with Gasteiger partial charge in [-0.1, -0.05) is 0 Å². The summed E-state index contributed by atoms with van der Waals surface area (Å²) in [6.07, 6.45) is 0. The van der Waals surface area contributed by atoms with E-state index in [9.17, 15) is 0 Å². The maximum atomic E-state index is 7.75. The molecule has 0 spiro atoms. The lowest BCUT2D eigenvalue weighted by Gasteiger charge is -2.38. The van der Waals surface area contributed by atoms with Crippen molar-refractivity contribution in [3.8, 4) is 0 Å². The van der Waals surface area contributed by atoms with Crippen molar-refractivity contribution in [3.63, 3.8) is 0 Å². The van der Waals surface area contributed by atoms with E-state index in [1.165, 1.54) is 0 Å². The summed E-state index contributed by atoms with van der Waals surface area (Å²) in [5.74, 6) is 0. The minimum absolute atomic E-state index is 0.00775. The van der Waals surface area contributed by atoms with Gasteiger partial charge in [-0.15, -0.1) is 0 Å². The van der Waals surface area contributed by atoms with Crippen molar-refractivity contribution < 1.29 is 2.74 Å². The second-order valence-electron chi connectivity index (χ2n) is 3.62. The lowest BCUT2D eigenvalue weighted by Crippen LogP contribution is -2.51. The van der Waals surface area contributed by atoms with E-state index in [0.29, 0.717) is 13.1 Å². The van der Waals surface area contributed by atoms with Gasteiger partial charge in [-0.25, -0.2) is 0 Å². The van der Waals surface area contributed by atoms with E-state index in [0.717, 1.165) is 0 Å². The van der Waals surface area contributed by atoms with E-state index in [-0.39, 0.29) is 18.6 Å². The Bertz CT molecular complexity index is 156. The molecule has 0 aromatic heterocycles. The number of nitrogens with one attached hydrogen (secondary N) is 1. The van der Waals surface area contributed by atoms with Gasteiger partial charge < -0.3 is 5.32 Å². The van der Waals surface area contributed by atoms with Gasteiger partial charge in [-0.2, -0.15) is 0 Å². The predicted molar refractivity (Wildman–Crippen MR) is 44.2 cm³/mol.